The fourth-order valence-electron chi connectivity index (χ4n) is 5.08. The lowest BCUT2D eigenvalue weighted by Gasteiger charge is -2.23. The Hall–Kier alpha value is -2.42. The van der Waals surface area contributed by atoms with Crippen LogP contribution in [0.4, 0.5) is 4.79 Å². The average molecular weight is 565 g/mol. The first-order chi connectivity index (χ1) is 17.7. The number of hydrogen-bond donors (Lipinski definition) is 2. The molecule has 0 aliphatic carbocycles. The van der Waals surface area contributed by atoms with Gasteiger partial charge in [0.05, 0.1) is 16.7 Å². The molecule has 1 aliphatic rings. The summed E-state index contributed by atoms with van der Waals surface area (Å²) in [4.78, 5) is 25.3. The Kier molecular flexibility index (Phi) is 10.4. The molecule has 0 bridgehead atoms. The third-order valence-corrected chi connectivity index (χ3v) is 8.84. The van der Waals surface area contributed by atoms with Gasteiger partial charge in [-0.05, 0) is 97.3 Å². The van der Waals surface area contributed by atoms with Gasteiger partial charge in [-0.25, -0.2) is 13.2 Å². The molecule has 0 spiro atoms. The summed E-state index contributed by atoms with van der Waals surface area (Å²) in [6, 6.07) is -0.675. The molecule has 1 heterocycles. The van der Waals surface area contributed by atoms with Crippen LogP contribution in [0.2, 0.25) is 0 Å². The highest BCUT2D eigenvalue weighted by Crippen LogP contribution is 2.44. The van der Waals surface area contributed by atoms with Crippen LogP contribution in [0.25, 0.3) is 0 Å². The monoisotopic (exact) mass is 564 g/mol. The molecule has 1 atom stereocenters. The number of nitrogens with one attached hydrogen (secondary N) is 2. The Labute approximate surface area is 235 Å². The number of alkyl carbamates (subject to hydrolysis) is 1. The van der Waals surface area contributed by atoms with Gasteiger partial charge < -0.3 is 20.2 Å². The maximum atomic E-state index is 13.5. The number of benzene rings is 1. The Balaban J connectivity index is 2.04. The van der Waals surface area contributed by atoms with E-state index in [1.807, 2.05) is 41.5 Å². The van der Waals surface area contributed by atoms with E-state index in [4.69, 9.17) is 14.9 Å². The van der Waals surface area contributed by atoms with E-state index in [0.717, 1.165) is 16.9 Å². The lowest BCUT2D eigenvalue weighted by Crippen LogP contribution is -2.43. The van der Waals surface area contributed by atoms with Crippen LogP contribution in [0, 0.1) is 32.1 Å². The summed E-state index contributed by atoms with van der Waals surface area (Å²) in [6.45, 7) is 18.7. The first-order valence-corrected chi connectivity index (χ1v) is 15.5. The zero-order chi connectivity index (χ0) is 29.9. The van der Waals surface area contributed by atoms with Crippen molar-refractivity contribution in [3.05, 3.63) is 22.3 Å². The second-order valence-electron chi connectivity index (χ2n) is 12.9. The molecule has 0 saturated carbocycles. The number of rotatable bonds is 12. The predicted molar refractivity (Wildman–Crippen MR) is 155 cm³/mol. The molecule has 8 nitrogen and oxygen atoms in total. The van der Waals surface area contributed by atoms with Gasteiger partial charge >= 0.3 is 6.09 Å². The van der Waals surface area contributed by atoms with Crippen LogP contribution in [-0.4, -0.2) is 49.0 Å². The van der Waals surface area contributed by atoms with E-state index in [0.29, 0.717) is 54.5 Å². The van der Waals surface area contributed by atoms with Crippen molar-refractivity contribution < 1.29 is 27.5 Å². The molecule has 1 aromatic rings. The summed E-state index contributed by atoms with van der Waals surface area (Å²) < 4.78 is 38.4. The van der Waals surface area contributed by atoms with Crippen molar-refractivity contribution in [2.45, 2.75) is 130 Å². The molecule has 2 rings (SSSR count). The van der Waals surface area contributed by atoms with Crippen LogP contribution in [-0.2, 0) is 25.8 Å². The number of carbonyl (C=O) groups excluding carboxylic acids is 2. The molecule has 1 aromatic carbocycles. The Morgan fingerprint density at radius 2 is 1.69 bits per heavy atom. The van der Waals surface area contributed by atoms with E-state index in [-0.39, 0.29) is 28.8 Å². The predicted octanol–water partition coefficient (Wildman–Crippen LogP) is 6.19. The maximum Gasteiger partial charge on any atom is 0.408 e. The van der Waals surface area contributed by atoms with Crippen molar-refractivity contribution in [3.8, 4) is 5.75 Å². The molecule has 1 unspecified atom stereocenters. The normalized spacial score (nSPS) is 15.5. The van der Waals surface area contributed by atoms with Gasteiger partial charge in [0.25, 0.3) is 0 Å². The highest BCUT2D eigenvalue weighted by molar-refractivity contribution is 7.92. The first kappa shape index (κ1) is 32.8. The third-order valence-electron chi connectivity index (χ3n) is 6.88. The summed E-state index contributed by atoms with van der Waals surface area (Å²) in [5.74, 6) is 0.540. The molecule has 220 valence electrons. The number of ether oxygens (including phenoxy) is 2. The highest BCUT2D eigenvalue weighted by atomic mass is 32.2. The number of sulfone groups is 1. The number of carbonyl (C=O) groups is 2. The second kappa shape index (κ2) is 12.4. The van der Waals surface area contributed by atoms with E-state index < -0.39 is 27.6 Å². The van der Waals surface area contributed by atoms with Crippen molar-refractivity contribution in [2.75, 3.05) is 5.75 Å². The van der Waals surface area contributed by atoms with Gasteiger partial charge in [0.2, 0.25) is 0 Å². The number of Topliss-reactive ketones (excluding diaryl/α,β-unsaturated/α-hetero) is 1. The fourth-order valence-corrected chi connectivity index (χ4v) is 7.04. The number of hydrogen-bond acceptors (Lipinski definition) is 7. The van der Waals surface area contributed by atoms with Gasteiger partial charge in [-0.15, -0.1) is 0 Å². The van der Waals surface area contributed by atoms with E-state index in [1.165, 1.54) is 0 Å². The standard InChI is InChI=1S/C30H48N2O6S/c1-18(2)15-25(33)24(32-28(34)38-29(6,7)8)14-12-11-13-22(31)17-39(35,36)27-20(4)19(3)26-23(21(27)5)16-30(9,10)37-26/h18,24,31H,11-17H2,1-10H3,(H,32,34). The molecular formula is C30H48N2O6S. The molecule has 1 aliphatic heterocycles. The van der Waals surface area contributed by atoms with Gasteiger partial charge in [-0.2, -0.15) is 0 Å². The van der Waals surface area contributed by atoms with Gasteiger partial charge in [-0.1, -0.05) is 20.3 Å². The SMILES string of the molecule is Cc1c(C)c(S(=O)(=O)CC(=N)CCCCC(NC(=O)OC(C)(C)C)C(=O)CC(C)C)c(C)c2c1OC(C)(C)C2. The van der Waals surface area contributed by atoms with Crippen LogP contribution in [0.1, 0.15) is 103 Å². The smallest absolute Gasteiger partial charge is 0.408 e. The third kappa shape index (κ3) is 9.05. The minimum atomic E-state index is -3.72. The second-order valence-corrected chi connectivity index (χ2v) is 14.8. The lowest BCUT2D eigenvalue weighted by atomic mass is 9.94. The van der Waals surface area contributed by atoms with Gasteiger partial charge in [0.1, 0.15) is 17.0 Å². The van der Waals surface area contributed by atoms with Crippen LogP contribution in [0.5, 0.6) is 5.75 Å². The minimum absolute atomic E-state index is 0.0569. The Bertz CT molecular complexity index is 1210. The van der Waals surface area contributed by atoms with Crippen molar-refractivity contribution in [1.29, 1.82) is 5.41 Å². The molecule has 39 heavy (non-hydrogen) atoms. The van der Waals surface area contributed by atoms with Crippen LogP contribution >= 0.6 is 0 Å². The molecule has 1 amide bonds. The molecule has 0 fully saturated rings. The van der Waals surface area contributed by atoms with Crippen molar-refractivity contribution in [2.24, 2.45) is 5.92 Å². The number of ketones is 1. The highest BCUT2D eigenvalue weighted by Gasteiger charge is 2.36. The Morgan fingerprint density at radius 1 is 1.08 bits per heavy atom. The van der Waals surface area contributed by atoms with Crippen LogP contribution in [0.3, 0.4) is 0 Å². The number of unbranched alkanes of at least 4 members (excludes halogenated alkanes) is 1. The molecule has 2 N–H and O–H groups in total. The van der Waals surface area contributed by atoms with Crippen LogP contribution in [0.15, 0.2) is 4.90 Å². The largest absolute Gasteiger partial charge is 0.487 e. The van der Waals surface area contributed by atoms with E-state index in [9.17, 15) is 18.0 Å². The summed E-state index contributed by atoms with van der Waals surface area (Å²) in [6.07, 6.45) is 2.16. The van der Waals surface area contributed by atoms with E-state index in [2.05, 4.69) is 5.32 Å². The molecular weight excluding hydrogens is 516 g/mol. The summed E-state index contributed by atoms with van der Waals surface area (Å²) in [5.41, 5.74) is 2.24. The zero-order valence-corrected chi connectivity index (χ0v) is 26.3. The van der Waals surface area contributed by atoms with Gasteiger partial charge in [-0.3, -0.25) is 4.79 Å². The topological polar surface area (TPSA) is 123 Å². The fraction of sp³-hybridized carbons (Fsp3) is 0.700. The summed E-state index contributed by atoms with van der Waals surface area (Å²) in [5, 5.41) is 11.1. The number of fused-ring (bicyclic) bond motifs is 1. The van der Waals surface area contributed by atoms with Crippen molar-refractivity contribution >= 4 is 27.4 Å². The van der Waals surface area contributed by atoms with Gasteiger partial charge in [0, 0.05) is 24.1 Å². The van der Waals surface area contributed by atoms with E-state index >= 15 is 0 Å². The molecule has 0 aromatic heterocycles. The van der Waals surface area contributed by atoms with Crippen LogP contribution < -0.4 is 10.1 Å². The first-order valence-electron chi connectivity index (χ1n) is 13.9. The zero-order valence-electron chi connectivity index (χ0n) is 25.5. The Morgan fingerprint density at radius 3 is 2.26 bits per heavy atom. The minimum Gasteiger partial charge on any atom is -0.487 e. The quantitative estimate of drug-likeness (QED) is 0.231. The maximum absolute atomic E-state index is 13.5. The van der Waals surface area contributed by atoms with E-state index in [1.54, 1.807) is 27.7 Å². The molecule has 9 heteroatoms. The van der Waals surface area contributed by atoms with Crippen molar-refractivity contribution in [3.63, 3.8) is 0 Å². The number of amides is 1. The summed E-state index contributed by atoms with van der Waals surface area (Å²) in [7, 11) is -3.72. The van der Waals surface area contributed by atoms with Crippen molar-refractivity contribution in [1.82, 2.24) is 5.32 Å². The van der Waals surface area contributed by atoms with Gasteiger partial charge in [0.15, 0.2) is 15.6 Å². The molecule has 0 saturated heterocycles. The lowest BCUT2D eigenvalue weighted by molar-refractivity contribution is -0.122. The molecule has 0 radical (unpaired) electrons. The average Bonchev–Trinajstić information content (AvgIpc) is 3.08. The summed E-state index contributed by atoms with van der Waals surface area (Å²) >= 11 is 0.